The molecule has 0 aromatic heterocycles. The molecule has 0 aliphatic heterocycles. The fourth-order valence-corrected chi connectivity index (χ4v) is 1.46. The highest BCUT2D eigenvalue weighted by atomic mass is 35.5. The second-order valence-electron chi connectivity index (χ2n) is 3.44. The van der Waals surface area contributed by atoms with Crippen molar-refractivity contribution in [1.29, 1.82) is 0 Å². The van der Waals surface area contributed by atoms with E-state index in [0.29, 0.717) is 17.9 Å². The van der Waals surface area contributed by atoms with Crippen LogP contribution in [0.2, 0.25) is 5.02 Å². The number of benzene rings is 1. The van der Waals surface area contributed by atoms with Crippen molar-refractivity contribution in [3.05, 3.63) is 34.9 Å². The normalized spacial score (nSPS) is 12.4. The molecule has 3 nitrogen and oxygen atoms in total. The zero-order chi connectivity index (χ0) is 11.3. The lowest BCUT2D eigenvalue weighted by molar-refractivity contribution is -0.141. The number of carboxylic acids is 1. The van der Waals surface area contributed by atoms with Gasteiger partial charge in [-0.1, -0.05) is 23.7 Å². The maximum atomic E-state index is 10.7. The van der Waals surface area contributed by atoms with E-state index in [1.807, 2.05) is 12.1 Å². The third kappa shape index (κ3) is 3.90. The second kappa shape index (κ2) is 5.73. The minimum Gasteiger partial charge on any atom is -0.481 e. The monoisotopic (exact) mass is 227 g/mol. The average molecular weight is 228 g/mol. The summed E-state index contributed by atoms with van der Waals surface area (Å²) in [7, 11) is 0. The number of hydrogen-bond donors (Lipinski definition) is 2. The molecule has 1 atom stereocenters. The number of rotatable bonds is 5. The number of aliphatic carboxylic acids is 1. The summed E-state index contributed by atoms with van der Waals surface area (Å²) in [6.45, 7) is 0.183. The van der Waals surface area contributed by atoms with Crippen molar-refractivity contribution < 1.29 is 9.90 Å². The van der Waals surface area contributed by atoms with Gasteiger partial charge in [0.15, 0.2) is 0 Å². The largest absolute Gasteiger partial charge is 0.481 e. The van der Waals surface area contributed by atoms with Crippen molar-refractivity contribution in [3.63, 3.8) is 0 Å². The zero-order valence-corrected chi connectivity index (χ0v) is 9.07. The highest BCUT2D eigenvalue weighted by Gasteiger charge is 2.14. The number of hydrogen-bond acceptors (Lipinski definition) is 2. The van der Waals surface area contributed by atoms with Crippen molar-refractivity contribution in [2.75, 3.05) is 6.54 Å². The van der Waals surface area contributed by atoms with Crippen molar-refractivity contribution in [2.45, 2.75) is 12.8 Å². The summed E-state index contributed by atoms with van der Waals surface area (Å²) in [6, 6.07) is 7.40. The zero-order valence-electron chi connectivity index (χ0n) is 8.32. The summed E-state index contributed by atoms with van der Waals surface area (Å²) in [5.41, 5.74) is 6.44. The van der Waals surface area contributed by atoms with Gasteiger partial charge in [0.2, 0.25) is 0 Å². The van der Waals surface area contributed by atoms with E-state index in [0.717, 1.165) is 5.56 Å². The molecule has 82 valence electrons. The van der Waals surface area contributed by atoms with Crippen LogP contribution in [0.15, 0.2) is 24.3 Å². The van der Waals surface area contributed by atoms with Gasteiger partial charge in [-0.2, -0.15) is 0 Å². The molecule has 0 saturated heterocycles. The van der Waals surface area contributed by atoms with E-state index < -0.39 is 11.9 Å². The lowest BCUT2D eigenvalue weighted by Gasteiger charge is -2.08. The van der Waals surface area contributed by atoms with Gasteiger partial charge in [0.25, 0.3) is 0 Å². The van der Waals surface area contributed by atoms with E-state index in [4.69, 9.17) is 22.4 Å². The quantitative estimate of drug-likeness (QED) is 0.808. The Balaban J connectivity index is 2.49. The molecule has 1 aromatic carbocycles. The van der Waals surface area contributed by atoms with Crippen LogP contribution in [0.1, 0.15) is 12.0 Å². The van der Waals surface area contributed by atoms with Crippen LogP contribution in [-0.4, -0.2) is 17.6 Å². The predicted molar refractivity (Wildman–Crippen MR) is 60.0 cm³/mol. The van der Waals surface area contributed by atoms with Crippen LogP contribution in [0, 0.1) is 5.92 Å². The lowest BCUT2D eigenvalue weighted by atomic mass is 10.00. The van der Waals surface area contributed by atoms with Gasteiger partial charge < -0.3 is 10.8 Å². The van der Waals surface area contributed by atoms with Gasteiger partial charge in [-0.05, 0) is 30.5 Å². The molecule has 15 heavy (non-hydrogen) atoms. The number of aryl methyl sites for hydroxylation is 1. The minimum absolute atomic E-state index is 0.183. The molecule has 0 heterocycles. The fraction of sp³-hybridized carbons (Fsp3) is 0.364. The van der Waals surface area contributed by atoms with Crippen LogP contribution in [-0.2, 0) is 11.2 Å². The maximum Gasteiger partial charge on any atom is 0.307 e. The van der Waals surface area contributed by atoms with E-state index in [1.165, 1.54) is 0 Å². The summed E-state index contributed by atoms with van der Waals surface area (Å²) in [5, 5.41) is 9.48. The standard InChI is InChI=1S/C11H14ClNO2/c12-10-5-2-8(3-6-10)1-4-9(7-13)11(14)15/h2-3,5-6,9H,1,4,7,13H2,(H,14,15). The maximum absolute atomic E-state index is 10.7. The third-order valence-electron chi connectivity index (χ3n) is 2.33. The van der Waals surface area contributed by atoms with E-state index in [1.54, 1.807) is 12.1 Å². The molecule has 0 aliphatic rings. The van der Waals surface area contributed by atoms with Crippen LogP contribution >= 0.6 is 11.6 Å². The number of carbonyl (C=O) groups is 1. The van der Waals surface area contributed by atoms with Crippen LogP contribution in [0.25, 0.3) is 0 Å². The van der Waals surface area contributed by atoms with Gasteiger partial charge in [-0.25, -0.2) is 0 Å². The number of nitrogens with two attached hydrogens (primary N) is 1. The number of carboxylic acid groups (broad SMARTS) is 1. The molecule has 0 aliphatic carbocycles. The molecule has 4 heteroatoms. The van der Waals surface area contributed by atoms with E-state index in [-0.39, 0.29) is 6.54 Å². The first-order valence-corrected chi connectivity index (χ1v) is 5.18. The second-order valence-corrected chi connectivity index (χ2v) is 3.87. The van der Waals surface area contributed by atoms with Gasteiger partial charge in [-0.3, -0.25) is 4.79 Å². The highest BCUT2D eigenvalue weighted by molar-refractivity contribution is 6.30. The third-order valence-corrected chi connectivity index (χ3v) is 2.58. The Morgan fingerprint density at radius 3 is 2.47 bits per heavy atom. The van der Waals surface area contributed by atoms with E-state index in [9.17, 15) is 4.79 Å². The summed E-state index contributed by atoms with van der Waals surface area (Å²) >= 11 is 5.74. The topological polar surface area (TPSA) is 63.3 Å². The summed E-state index contributed by atoms with van der Waals surface area (Å²) < 4.78 is 0. The molecule has 1 unspecified atom stereocenters. The van der Waals surface area contributed by atoms with Gasteiger partial charge in [0.1, 0.15) is 0 Å². The van der Waals surface area contributed by atoms with Gasteiger partial charge in [0, 0.05) is 11.6 Å². The molecule has 0 spiro atoms. The molecule has 0 saturated carbocycles. The first-order valence-electron chi connectivity index (χ1n) is 4.81. The van der Waals surface area contributed by atoms with Crippen LogP contribution in [0.3, 0.4) is 0 Å². The predicted octanol–water partition coefficient (Wildman–Crippen LogP) is 1.93. The van der Waals surface area contributed by atoms with Crippen LogP contribution < -0.4 is 5.73 Å². The Hall–Kier alpha value is -1.06. The molecule has 0 bridgehead atoms. The Morgan fingerprint density at radius 1 is 1.40 bits per heavy atom. The summed E-state index contributed by atoms with van der Waals surface area (Å²) in [6.07, 6.45) is 1.28. The van der Waals surface area contributed by atoms with Gasteiger partial charge >= 0.3 is 5.97 Å². The van der Waals surface area contributed by atoms with Crippen molar-refractivity contribution in [3.8, 4) is 0 Å². The van der Waals surface area contributed by atoms with Crippen LogP contribution in [0.5, 0.6) is 0 Å². The average Bonchev–Trinajstić information content (AvgIpc) is 2.21. The fourth-order valence-electron chi connectivity index (χ4n) is 1.33. The molecular weight excluding hydrogens is 214 g/mol. The highest BCUT2D eigenvalue weighted by Crippen LogP contribution is 2.13. The first-order chi connectivity index (χ1) is 7.13. The molecule has 0 amide bonds. The van der Waals surface area contributed by atoms with Gasteiger partial charge in [-0.15, -0.1) is 0 Å². The van der Waals surface area contributed by atoms with Crippen molar-refractivity contribution in [1.82, 2.24) is 0 Å². The number of halogens is 1. The first kappa shape index (κ1) is 12.0. The van der Waals surface area contributed by atoms with E-state index in [2.05, 4.69) is 0 Å². The summed E-state index contributed by atoms with van der Waals surface area (Å²) in [5.74, 6) is -1.29. The molecular formula is C11H14ClNO2. The van der Waals surface area contributed by atoms with Crippen molar-refractivity contribution >= 4 is 17.6 Å². The molecule has 0 radical (unpaired) electrons. The van der Waals surface area contributed by atoms with E-state index >= 15 is 0 Å². The Bertz CT molecular complexity index is 324. The van der Waals surface area contributed by atoms with Crippen molar-refractivity contribution in [2.24, 2.45) is 11.7 Å². The SMILES string of the molecule is NCC(CCc1ccc(Cl)cc1)C(=O)O. The Labute approximate surface area is 93.9 Å². The molecule has 1 aromatic rings. The Kier molecular flexibility index (Phi) is 4.59. The molecule has 3 N–H and O–H groups in total. The smallest absolute Gasteiger partial charge is 0.307 e. The Morgan fingerprint density at radius 2 is 2.00 bits per heavy atom. The molecule has 0 fully saturated rings. The van der Waals surface area contributed by atoms with Gasteiger partial charge in [0.05, 0.1) is 5.92 Å². The lowest BCUT2D eigenvalue weighted by Crippen LogP contribution is -2.23. The minimum atomic E-state index is -0.827. The van der Waals surface area contributed by atoms with Crippen LogP contribution in [0.4, 0.5) is 0 Å². The summed E-state index contributed by atoms with van der Waals surface area (Å²) in [4.78, 5) is 10.7. The molecule has 1 rings (SSSR count).